The number of nitrogens with one attached hydrogen (secondary N) is 2. The summed E-state index contributed by atoms with van der Waals surface area (Å²) in [5, 5.41) is 6.48. The van der Waals surface area contributed by atoms with Crippen LogP contribution in [0.2, 0.25) is 0 Å². The van der Waals surface area contributed by atoms with Crippen molar-refractivity contribution < 1.29 is 4.79 Å². The molecule has 0 saturated carbocycles. The average Bonchev–Trinajstić information content (AvgIpc) is 2.42. The number of rotatable bonds is 5. The van der Waals surface area contributed by atoms with E-state index in [1.165, 1.54) is 23.2 Å². The van der Waals surface area contributed by atoms with Crippen LogP contribution < -0.4 is 10.6 Å². The Morgan fingerprint density at radius 2 is 2.26 bits per heavy atom. The number of hydrogen-bond acceptors (Lipinski definition) is 2. The molecule has 2 N–H and O–H groups in total. The van der Waals surface area contributed by atoms with Crippen LogP contribution in [-0.2, 0) is 17.8 Å². The zero-order chi connectivity index (χ0) is 13.7. The molecule has 3 nitrogen and oxygen atoms in total. The second kappa shape index (κ2) is 6.60. The van der Waals surface area contributed by atoms with E-state index >= 15 is 0 Å². The van der Waals surface area contributed by atoms with Gasteiger partial charge in [0.25, 0.3) is 0 Å². The van der Waals surface area contributed by atoms with Crippen molar-refractivity contribution in [2.45, 2.75) is 46.1 Å². The lowest BCUT2D eigenvalue weighted by Crippen LogP contribution is -2.24. The molecule has 0 radical (unpaired) electrons. The van der Waals surface area contributed by atoms with Crippen LogP contribution in [0.25, 0.3) is 0 Å². The zero-order valence-corrected chi connectivity index (χ0v) is 12.0. The second-order valence-electron chi connectivity index (χ2n) is 5.69. The Labute approximate surface area is 115 Å². The summed E-state index contributed by atoms with van der Waals surface area (Å²) < 4.78 is 0. The summed E-state index contributed by atoms with van der Waals surface area (Å²) in [6, 6.07) is 6.35. The minimum Gasteiger partial charge on any atom is -0.385 e. The van der Waals surface area contributed by atoms with Crippen LogP contribution in [0, 0.1) is 5.92 Å². The van der Waals surface area contributed by atoms with E-state index in [4.69, 9.17) is 0 Å². The molecule has 1 aliphatic rings. The van der Waals surface area contributed by atoms with E-state index in [2.05, 4.69) is 42.7 Å². The summed E-state index contributed by atoms with van der Waals surface area (Å²) in [4.78, 5) is 11.8. The molecular weight excluding hydrogens is 236 g/mol. The van der Waals surface area contributed by atoms with Crippen molar-refractivity contribution in [1.29, 1.82) is 0 Å². The summed E-state index contributed by atoms with van der Waals surface area (Å²) in [6.45, 7) is 5.95. The van der Waals surface area contributed by atoms with E-state index in [0.717, 1.165) is 19.4 Å². The Kier molecular flexibility index (Phi) is 4.83. The fourth-order valence-corrected chi connectivity index (χ4v) is 2.43. The summed E-state index contributed by atoms with van der Waals surface area (Å²) in [7, 11) is 0. The maximum atomic E-state index is 11.8. The van der Waals surface area contributed by atoms with Gasteiger partial charge in [-0.05, 0) is 36.3 Å². The first-order valence-corrected chi connectivity index (χ1v) is 7.28. The normalized spacial score (nSPS) is 13.8. The molecule has 0 atom stereocenters. The van der Waals surface area contributed by atoms with Gasteiger partial charge in [-0.15, -0.1) is 0 Å². The molecule has 1 aromatic rings. The Hall–Kier alpha value is -1.51. The Morgan fingerprint density at radius 3 is 3.05 bits per heavy atom. The average molecular weight is 260 g/mol. The number of para-hydroxylation sites is 1. The first-order chi connectivity index (χ1) is 9.16. The van der Waals surface area contributed by atoms with Crippen molar-refractivity contribution in [2.24, 2.45) is 5.92 Å². The maximum absolute atomic E-state index is 11.8. The predicted molar refractivity (Wildman–Crippen MR) is 79.2 cm³/mol. The van der Waals surface area contributed by atoms with Gasteiger partial charge in [-0.3, -0.25) is 4.79 Å². The van der Waals surface area contributed by atoms with Crippen LogP contribution in [0.1, 0.15) is 44.2 Å². The Bertz CT molecular complexity index is 440. The van der Waals surface area contributed by atoms with Gasteiger partial charge < -0.3 is 10.6 Å². The smallest absolute Gasteiger partial charge is 0.220 e. The predicted octanol–water partition coefficient (Wildman–Crippen LogP) is 3.10. The Balaban J connectivity index is 1.91. The molecule has 104 valence electrons. The molecule has 0 bridgehead atoms. The van der Waals surface area contributed by atoms with E-state index < -0.39 is 0 Å². The highest BCUT2D eigenvalue weighted by atomic mass is 16.1. The van der Waals surface area contributed by atoms with Crippen molar-refractivity contribution >= 4 is 11.6 Å². The van der Waals surface area contributed by atoms with E-state index in [1.54, 1.807) is 0 Å². The third-order valence-corrected chi connectivity index (χ3v) is 3.59. The van der Waals surface area contributed by atoms with Gasteiger partial charge in [0.2, 0.25) is 5.91 Å². The lowest BCUT2D eigenvalue weighted by atomic mass is 9.99. The third-order valence-electron chi connectivity index (χ3n) is 3.59. The van der Waals surface area contributed by atoms with Gasteiger partial charge in [0.05, 0.1) is 0 Å². The van der Waals surface area contributed by atoms with E-state index in [-0.39, 0.29) is 5.91 Å². The zero-order valence-electron chi connectivity index (χ0n) is 12.0. The van der Waals surface area contributed by atoms with E-state index in [1.807, 2.05) is 0 Å². The van der Waals surface area contributed by atoms with E-state index in [0.29, 0.717) is 18.9 Å². The van der Waals surface area contributed by atoms with Gasteiger partial charge in [0, 0.05) is 25.2 Å². The molecule has 2 rings (SSSR count). The number of aryl methyl sites for hydroxylation is 1. The van der Waals surface area contributed by atoms with Gasteiger partial charge in [0.15, 0.2) is 0 Å². The van der Waals surface area contributed by atoms with Crippen molar-refractivity contribution in [3.8, 4) is 0 Å². The lowest BCUT2D eigenvalue weighted by molar-refractivity contribution is -0.121. The maximum Gasteiger partial charge on any atom is 0.220 e. The molecule has 1 amide bonds. The molecule has 0 fully saturated rings. The molecule has 0 spiro atoms. The quantitative estimate of drug-likeness (QED) is 0.854. The first-order valence-electron chi connectivity index (χ1n) is 7.28. The standard InChI is InChI=1S/C16H24N2O/c1-12(2)8-9-15(19)18-11-14-6-3-5-13-7-4-10-17-16(13)14/h3,5-6,12,17H,4,7-11H2,1-2H3,(H,18,19). The number of hydrogen-bond donors (Lipinski definition) is 2. The number of fused-ring (bicyclic) bond motifs is 1. The monoisotopic (exact) mass is 260 g/mol. The minimum atomic E-state index is 0.155. The fourth-order valence-electron chi connectivity index (χ4n) is 2.43. The summed E-state index contributed by atoms with van der Waals surface area (Å²) in [6.07, 6.45) is 3.91. The van der Waals surface area contributed by atoms with Gasteiger partial charge in [-0.2, -0.15) is 0 Å². The van der Waals surface area contributed by atoms with Crippen LogP contribution in [0.5, 0.6) is 0 Å². The molecule has 1 aliphatic heterocycles. The number of carbonyl (C=O) groups is 1. The minimum absolute atomic E-state index is 0.155. The number of amides is 1. The van der Waals surface area contributed by atoms with Gasteiger partial charge >= 0.3 is 0 Å². The van der Waals surface area contributed by atoms with Crippen molar-refractivity contribution in [1.82, 2.24) is 5.32 Å². The highest BCUT2D eigenvalue weighted by Gasteiger charge is 2.12. The van der Waals surface area contributed by atoms with Crippen LogP contribution in [-0.4, -0.2) is 12.5 Å². The topological polar surface area (TPSA) is 41.1 Å². The van der Waals surface area contributed by atoms with E-state index in [9.17, 15) is 4.79 Å². The molecular formula is C16H24N2O. The molecule has 3 heteroatoms. The SMILES string of the molecule is CC(C)CCC(=O)NCc1cccc2c1NCCC2. The van der Waals surface area contributed by atoms with Gasteiger partial charge in [0.1, 0.15) is 0 Å². The van der Waals surface area contributed by atoms with Crippen LogP contribution in [0.15, 0.2) is 18.2 Å². The summed E-state index contributed by atoms with van der Waals surface area (Å²) in [5.41, 5.74) is 3.81. The fraction of sp³-hybridized carbons (Fsp3) is 0.562. The largest absolute Gasteiger partial charge is 0.385 e. The van der Waals surface area contributed by atoms with Crippen LogP contribution in [0.3, 0.4) is 0 Å². The number of anilines is 1. The van der Waals surface area contributed by atoms with Crippen molar-refractivity contribution in [3.05, 3.63) is 29.3 Å². The molecule has 0 unspecified atom stereocenters. The van der Waals surface area contributed by atoms with Gasteiger partial charge in [-0.25, -0.2) is 0 Å². The summed E-state index contributed by atoms with van der Waals surface area (Å²) in [5.74, 6) is 0.735. The lowest BCUT2D eigenvalue weighted by Gasteiger charge is -2.21. The number of carbonyl (C=O) groups excluding carboxylic acids is 1. The molecule has 0 saturated heterocycles. The van der Waals surface area contributed by atoms with Crippen LogP contribution >= 0.6 is 0 Å². The number of benzene rings is 1. The van der Waals surface area contributed by atoms with Crippen molar-refractivity contribution in [2.75, 3.05) is 11.9 Å². The molecule has 0 aliphatic carbocycles. The van der Waals surface area contributed by atoms with Gasteiger partial charge in [-0.1, -0.05) is 32.0 Å². The molecule has 1 aromatic carbocycles. The molecule has 19 heavy (non-hydrogen) atoms. The third kappa shape index (κ3) is 3.98. The Morgan fingerprint density at radius 1 is 1.42 bits per heavy atom. The second-order valence-corrected chi connectivity index (χ2v) is 5.69. The highest BCUT2D eigenvalue weighted by Crippen LogP contribution is 2.25. The molecule has 1 heterocycles. The highest BCUT2D eigenvalue weighted by molar-refractivity contribution is 5.76. The van der Waals surface area contributed by atoms with Crippen molar-refractivity contribution in [3.63, 3.8) is 0 Å². The molecule has 0 aromatic heterocycles. The summed E-state index contributed by atoms with van der Waals surface area (Å²) >= 11 is 0. The van der Waals surface area contributed by atoms with Crippen LogP contribution in [0.4, 0.5) is 5.69 Å². The first kappa shape index (κ1) is 13.9.